The van der Waals surface area contributed by atoms with Gasteiger partial charge < -0.3 is 5.11 Å². The Kier molecular flexibility index (Phi) is 4.81. The first-order valence-corrected chi connectivity index (χ1v) is 7.10. The number of carboxylic acid groups (broad SMARTS) is 1. The van der Waals surface area contributed by atoms with Gasteiger partial charge in [0.25, 0.3) is 0 Å². The first-order chi connectivity index (χ1) is 9.25. The zero-order valence-electron chi connectivity index (χ0n) is 10.9. The highest BCUT2D eigenvalue weighted by molar-refractivity contribution is 7.89. The molecule has 0 aliphatic heterocycles. The molecule has 1 aromatic rings. The van der Waals surface area contributed by atoms with E-state index in [0.29, 0.717) is 4.31 Å². The van der Waals surface area contributed by atoms with Crippen molar-refractivity contribution in [2.24, 2.45) is 0 Å². The van der Waals surface area contributed by atoms with E-state index in [-0.39, 0.29) is 11.3 Å². The van der Waals surface area contributed by atoms with Gasteiger partial charge in [0.1, 0.15) is 17.9 Å². The van der Waals surface area contributed by atoms with Crippen LogP contribution in [0.2, 0.25) is 0 Å². The van der Waals surface area contributed by atoms with Crippen LogP contribution >= 0.6 is 0 Å². The van der Waals surface area contributed by atoms with Crippen LogP contribution in [-0.2, 0) is 14.8 Å². The van der Waals surface area contributed by atoms with Crippen LogP contribution in [0.5, 0.6) is 0 Å². The zero-order chi connectivity index (χ0) is 15.5. The fourth-order valence-electron chi connectivity index (χ4n) is 1.67. The summed E-state index contributed by atoms with van der Waals surface area (Å²) in [4.78, 5) is 10.7. The number of aliphatic carboxylic acids is 1. The van der Waals surface area contributed by atoms with Gasteiger partial charge in [0, 0.05) is 7.05 Å². The molecule has 6 nitrogen and oxygen atoms in total. The monoisotopic (exact) mass is 300 g/mol. The molecule has 0 amide bonds. The Hall–Kier alpha value is -1.98. The summed E-state index contributed by atoms with van der Waals surface area (Å²) >= 11 is 0. The standard InChI is InChI=1S/C12H13FN2O4S/c1-3-11(12(16)17)15(2)20(18,19)9-4-5-10(13)8(6-9)7-14/h4-6,11H,3H2,1-2H3,(H,16,17). The van der Waals surface area contributed by atoms with Crippen molar-refractivity contribution in [2.45, 2.75) is 24.3 Å². The summed E-state index contributed by atoms with van der Waals surface area (Å²) in [5.41, 5.74) is -0.414. The van der Waals surface area contributed by atoms with Crippen LogP contribution in [0.25, 0.3) is 0 Å². The first kappa shape index (κ1) is 16.1. The highest BCUT2D eigenvalue weighted by Crippen LogP contribution is 2.20. The van der Waals surface area contributed by atoms with Crippen molar-refractivity contribution < 1.29 is 22.7 Å². The third-order valence-electron chi connectivity index (χ3n) is 2.85. The van der Waals surface area contributed by atoms with Gasteiger partial charge in [-0.05, 0) is 24.6 Å². The minimum Gasteiger partial charge on any atom is -0.480 e. The Morgan fingerprint density at radius 1 is 1.55 bits per heavy atom. The number of benzene rings is 1. The summed E-state index contributed by atoms with van der Waals surface area (Å²) in [5, 5.41) is 17.7. The molecule has 8 heteroatoms. The normalized spacial score (nSPS) is 12.9. The molecule has 0 radical (unpaired) electrons. The van der Waals surface area contributed by atoms with Gasteiger partial charge in [0.2, 0.25) is 10.0 Å². The molecule has 1 rings (SSSR count). The largest absolute Gasteiger partial charge is 0.480 e. The minimum absolute atomic E-state index is 0.0807. The molecule has 1 unspecified atom stereocenters. The van der Waals surface area contributed by atoms with Gasteiger partial charge in [-0.2, -0.15) is 9.57 Å². The molecule has 0 saturated carbocycles. The molecule has 1 N–H and O–H groups in total. The summed E-state index contributed by atoms with van der Waals surface area (Å²) in [6.45, 7) is 1.54. The van der Waals surface area contributed by atoms with E-state index in [1.54, 1.807) is 0 Å². The molecule has 0 aromatic heterocycles. The van der Waals surface area contributed by atoms with E-state index in [9.17, 15) is 17.6 Å². The predicted molar refractivity (Wildman–Crippen MR) is 67.8 cm³/mol. The fraction of sp³-hybridized carbons (Fsp3) is 0.333. The van der Waals surface area contributed by atoms with E-state index in [4.69, 9.17) is 10.4 Å². The van der Waals surface area contributed by atoms with Crippen LogP contribution in [-0.4, -0.2) is 36.9 Å². The Balaban J connectivity index is 3.30. The predicted octanol–water partition coefficient (Wildman–Crippen LogP) is 1.18. The quantitative estimate of drug-likeness (QED) is 0.880. The molecule has 0 aliphatic carbocycles. The molecule has 1 atom stereocenters. The SMILES string of the molecule is CCC(C(=O)O)N(C)S(=O)(=O)c1ccc(F)c(C#N)c1. The third kappa shape index (κ3) is 2.95. The van der Waals surface area contributed by atoms with Crippen LogP contribution in [0, 0.1) is 17.1 Å². The van der Waals surface area contributed by atoms with E-state index < -0.39 is 33.4 Å². The summed E-state index contributed by atoms with van der Waals surface area (Å²) < 4.78 is 38.4. The topological polar surface area (TPSA) is 98.5 Å². The van der Waals surface area contributed by atoms with Crippen molar-refractivity contribution in [1.29, 1.82) is 5.26 Å². The number of nitriles is 1. The van der Waals surface area contributed by atoms with E-state index in [1.165, 1.54) is 13.0 Å². The van der Waals surface area contributed by atoms with Crippen LogP contribution < -0.4 is 0 Å². The van der Waals surface area contributed by atoms with Gasteiger partial charge in [-0.3, -0.25) is 4.79 Å². The molecule has 1 aromatic carbocycles. The Bertz CT molecular complexity index is 667. The molecule has 0 spiro atoms. The van der Waals surface area contributed by atoms with Crippen molar-refractivity contribution >= 4 is 16.0 Å². The molecule has 0 heterocycles. The van der Waals surface area contributed by atoms with Crippen LogP contribution in [0.4, 0.5) is 4.39 Å². The molecule has 0 saturated heterocycles. The Labute approximate surface area is 116 Å². The molecule has 20 heavy (non-hydrogen) atoms. The molecule has 0 aliphatic rings. The number of halogens is 1. The Morgan fingerprint density at radius 2 is 2.15 bits per heavy atom. The molecular weight excluding hydrogens is 287 g/mol. The molecular formula is C12H13FN2O4S. The Morgan fingerprint density at radius 3 is 2.60 bits per heavy atom. The van der Waals surface area contributed by atoms with E-state index >= 15 is 0 Å². The second-order valence-corrected chi connectivity index (χ2v) is 6.03. The zero-order valence-corrected chi connectivity index (χ0v) is 11.7. The van der Waals surface area contributed by atoms with Gasteiger partial charge in [0.15, 0.2) is 0 Å². The van der Waals surface area contributed by atoms with Gasteiger partial charge in [0.05, 0.1) is 10.5 Å². The lowest BCUT2D eigenvalue weighted by atomic mass is 10.2. The highest BCUT2D eigenvalue weighted by Gasteiger charge is 2.31. The van der Waals surface area contributed by atoms with Crippen LogP contribution in [0.1, 0.15) is 18.9 Å². The summed E-state index contributed by atoms with van der Waals surface area (Å²) in [6.07, 6.45) is 0.0807. The average molecular weight is 300 g/mol. The average Bonchev–Trinajstić information content (AvgIpc) is 2.39. The number of carboxylic acids is 1. The molecule has 108 valence electrons. The van der Waals surface area contributed by atoms with Crippen molar-refractivity contribution in [3.63, 3.8) is 0 Å². The van der Waals surface area contributed by atoms with Crippen molar-refractivity contribution in [1.82, 2.24) is 4.31 Å². The summed E-state index contributed by atoms with van der Waals surface area (Å²) in [7, 11) is -2.98. The van der Waals surface area contributed by atoms with Crippen LogP contribution in [0.3, 0.4) is 0 Å². The number of hydrogen-bond acceptors (Lipinski definition) is 4. The maximum atomic E-state index is 13.2. The smallest absolute Gasteiger partial charge is 0.321 e. The number of rotatable bonds is 5. The fourth-order valence-corrected chi connectivity index (χ4v) is 3.09. The summed E-state index contributed by atoms with van der Waals surface area (Å²) in [6, 6.07) is 3.06. The van der Waals surface area contributed by atoms with Gasteiger partial charge >= 0.3 is 5.97 Å². The minimum atomic E-state index is -4.11. The van der Waals surface area contributed by atoms with Gasteiger partial charge in [-0.1, -0.05) is 6.92 Å². The second kappa shape index (κ2) is 5.98. The maximum Gasteiger partial charge on any atom is 0.321 e. The first-order valence-electron chi connectivity index (χ1n) is 5.66. The number of carbonyl (C=O) groups is 1. The van der Waals surface area contributed by atoms with E-state index in [2.05, 4.69) is 0 Å². The number of nitrogens with zero attached hydrogens (tertiary/aromatic N) is 2. The number of likely N-dealkylation sites (N-methyl/N-ethyl adjacent to an activating group) is 1. The van der Waals surface area contributed by atoms with Gasteiger partial charge in [-0.15, -0.1) is 0 Å². The number of sulfonamides is 1. The lowest BCUT2D eigenvalue weighted by Crippen LogP contribution is -2.41. The van der Waals surface area contributed by atoms with E-state index in [1.807, 2.05) is 0 Å². The van der Waals surface area contributed by atoms with E-state index in [0.717, 1.165) is 25.2 Å². The van der Waals surface area contributed by atoms with Gasteiger partial charge in [-0.25, -0.2) is 12.8 Å². The molecule has 0 fully saturated rings. The number of hydrogen-bond donors (Lipinski definition) is 1. The van der Waals surface area contributed by atoms with Crippen molar-refractivity contribution in [2.75, 3.05) is 7.05 Å². The third-order valence-corrected chi connectivity index (χ3v) is 4.71. The van der Waals surface area contributed by atoms with Crippen LogP contribution in [0.15, 0.2) is 23.1 Å². The molecule has 0 bridgehead atoms. The highest BCUT2D eigenvalue weighted by atomic mass is 32.2. The lowest BCUT2D eigenvalue weighted by molar-refractivity contribution is -0.141. The summed E-state index contributed by atoms with van der Waals surface area (Å²) in [5.74, 6) is -2.11. The lowest BCUT2D eigenvalue weighted by Gasteiger charge is -2.23. The van der Waals surface area contributed by atoms with Crippen molar-refractivity contribution in [3.05, 3.63) is 29.6 Å². The maximum absolute atomic E-state index is 13.2. The second-order valence-electron chi connectivity index (χ2n) is 4.04. The van der Waals surface area contributed by atoms with Crippen molar-refractivity contribution in [3.8, 4) is 6.07 Å².